The first-order valence-corrected chi connectivity index (χ1v) is 6.58. The molecule has 8 atom stereocenters. The first-order chi connectivity index (χ1) is 7.81. The molecule has 0 amide bonds. The predicted octanol–water partition coefficient (Wildman–Crippen LogP) is 1.20. The minimum absolute atomic E-state index is 0.192. The summed E-state index contributed by atoms with van der Waals surface area (Å²) < 4.78 is 5.13. The second-order valence-corrected chi connectivity index (χ2v) is 6.24. The number of carbonyl (C=O) groups is 1. The van der Waals surface area contributed by atoms with Gasteiger partial charge in [-0.25, -0.2) is 0 Å². The number of aliphatic hydroxyl groups excluding tert-OH is 1. The quantitative estimate of drug-likeness (QED) is 0.564. The van der Waals surface area contributed by atoms with Gasteiger partial charge in [-0.1, -0.05) is 0 Å². The molecule has 1 N–H and O–H groups in total. The summed E-state index contributed by atoms with van der Waals surface area (Å²) in [6.07, 6.45) is 4.66. The molecular formula is C13H18O3. The Morgan fingerprint density at radius 3 is 2.44 bits per heavy atom. The minimum atomic E-state index is -0.379. The number of rotatable bonds is 2. The third kappa shape index (κ3) is 0.922. The van der Waals surface area contributed by atoms with E-state index in [0.717, 1.165) is 30.1 Å². The fourth-order valence-corrected chi connectivity index (χ4v) is 5.74. The highest BCUT2D eigenvalue weighted by molar-refractivity contribution is 5.38. The minimum Gasteiger partial charge on any atom is -0.462 e. The maximum Gasteiger partial charge on any atom is 0.293 e. The molecule has 88 valence electrons. The summed E-state index contributed by atoms with van der Waals surface area (Å²) in [6, 6.07) is 0. The van der Waals surface area contributed by atoms with E-state index in [4.69, 9.17) is 4.74 Å². The molecule has 0 radical (unpaired) electrons. The van der Waals surface area contributed by atoms with Gasteiger partial charge in [0.2, 0.25) is 0 Å². The monoisotopic (exact) mass is 222 g/mol. The summed E-state index contributed by atoms with van der Waals surface area (Å²) in [5.74, 6) is 4.15. The largest absolute Gasteiger partial charge is 0.462 e. The second kappa shape index (κ2) is 3.00. The molecule has 0 heterocycles. The normalized spacial score (nSPS) is 61.3. The van der Waals surface area contributed by atoms with Crippen LogP contribution in [0.5, 0.6) is 0 Å². The highest BCUT2D eigenvalue weighted by atomic mass is 16.5. The summed E-state index contributed by atoms with van der Waals surface area (Å²) in [4.78, 5) is 10.5. The summed E-state index contributed by atoms with van der Waals surface area (Å²) >= 11 is 0. The third-order valence-electron chi connectivity index (χ3n) is 5.99. The van der Waals surface area contributed by atoms with Crippen LogP contribution in [-0.2, 0) is 9.53 Å². The van der Waals surface area contributed by atoms with Gasteiger partial charge in [0.1, 0.15) is 6.10 Å². The Kier molecular flexibility index (Phi) is 1.78. The molecule has 4 saturated carbocycles. The average molecular weight is 222 g/mol. The molecule has 4 aliphatic carbocycles. The highest BCUT2D eigenvalue weighted by Crippen LogP contribution is 2.67. The SMILES string of the molecule is O=COC1C(O)C2CC1C1C3CCC(C3)C21. The molecule has 3 heteroatoms. The van der Waals surface area contributed by atoms with Gasteiger partial charge in [0.05, 0.1) is 6.10 Å². The summed E-state index contributed by atoms with van der Waals surface area (Å²) in [5.41, 5.74) is 0. The van der Waals surface area contributed by atoms with Gasteiger partial charge >= 0.3 is 0 Å². The molecule has 0 saturated heterocycles. The lowest BCUT2D eigenvalue weighted by Gasteiger charge is -2.40. The van der Waals surface area contributed by atoms with Crippen molar-refractivity contribution >= 4 is 6.47 Å². The zero-order valence-electron chi connectivity index (χ0n) is 9.29. The number of carbonyl (C=O) groups excluding carboxylic acids is 1. The maximum absolute atomic E-state index is 10.5. The zero-order valence-corrected chi connectivity index (χ0v) is 9.29. The van der Waals surface area contributed by atoms with Crippen LogP contribution in [0.15, 0.2) is 0 Å². The molecule has 0 spiro atoms. The second-order valence-electron chi connectivity index (χ2n) is 6.24. The van der Waals surface area contributed by atoms with Crippen LogP contribution in [0.4, 0.5) is 0 Å². The molecule has 0 aliphatic heterocycles. The number of fused-ring (bicyclic) bond motifs is 9. The Balaban J connectivity index is 1.66. The van der Waals surface area contributed by atoms with Crippen LogP contribution >= 0.6 is 0 Å². The van der Waals surface area contributed by atoms with Crippen molar-refractivity contribution in [3.8, 4) is 0 Å². The maximum atomic E-state index is 10.5. The molecule has 4 rings (SSSR count). The Hall–Kier alpha value is -0.570. The van der Waals surface area contributed by atoms with E-state index in [1.807, 2.05) is 0 Å². The van der Waals surface area contributed by atoms with Crippen molar-refractivity contribution in [1.82, 2.24) is 0 Å². The number of hydrogen-bond acceptors (Lipinski definition) is 3. The Morgan fingerprint density at radius 2 is 1.75 bits per heavy atom. The molecular weight excluding hydrogens is 204 g/mol. The topological polar surface area (TPSA) is 46.5 Å². The van der Waals surface area contributed by atoms with Crippen molar-refractivity contribution in [1.29, 1.82) is 0 Å². The highest BCUT2D eigenvalue weighted by Gasteiger charge is 2.66. The lowest BCUT2D eigenvalue weighted by molar-refractivity contribution is -0.149. The fraction of sp³-hybridized carbons (Fsp3) is 0.923. The van der Waals surface area contributed by atoms with E-state index in [1.165, 1.54) is 19.3 Å². The molecule has 3 nitrogen and oxygen atoms in total. The summed E-state index contributed by atoms with van der Waals surface area (Å²) in [7, 11) is 0. The summed E-state index contributed by atoms with van der Waals surface area (Å²) in [5, 5.41) is 10.2. The fourth-order valence-electron chi connectivity index (χ4n) is 5.74. The number of aliphatic hydroxyl groups is 1. The van der Waals surface area contributed by atoms with Crippen LogP contribution in [0.25, 0.3) is 0 Å². The lowest BCUT2D eigenvalue weighted by atomic mass is 9.69. The van der Waals surface area contributed by atoms with Gasteiger partial charge in [-0.3, -0.25) is 4.79 Å². The molecule has 0 aromatic rings. The average Bonchev–Trinajstić information content (AvgIpc) is 2.97. The van der Waals surface area contributed by atoms with Crippen molar-refractivity contribution in [2.45, 2.75) is 37.9 Å². The van der Waals surface area contributed by atoms with E-state index in [9.17, 15) is 9.90 Å². The van der Waals surface area contributed by atoms with E-state index in [-0.39, 0.29) is 12.2 Å². The molecule has 4 bridgehead atoms. The zero-order chi connectivity index (χ0) is 10.9. The molecule has 0 aromatic heterocycles. The Bertz CT molecular complexity index is 329. The number of ether oxygens (including phenoxy) is 1. The van der Waals surface area contributed by atoms with E-state index < -0.39 is 0 Å². The van der Waals surface area contributed by atoms with Crippen LogP contribution in [0.2, 0.25) is 0 Å². The van der Waals surface area contributed by atoms with Crippen molar-refractivity contribution < 1.29 is 14.6 Å². The van der Waals surface area contributed by atoms with Gasteiger partial charge in [0, 0.05) is 5.92 Å². The molecule has 4 aliphatic rings. The first-order valence-electron chi connectivity index (χ1n) is 6.58. The first kappa shape index (κ1) is 9.46. The van der Waals surface area contributed by atoms with Crippen LogP contribution < -0.4 is 0 Å². The Morgan fingerprint density at radius 1 is 1.06 bits per heavy atom. The van der Waals surface area contributed by atoms with Crippen LogP contribution in [0.1, 0.15) is 25.7 Å². The standard InChI is InChI=1S/C13H18O3/c14-5-16-13-9-4-8(12(13)15)10-6-1-2-7(3-6)11(9)10/h5-13,15H,1-4H2. The van der Waals surface area contributed by atoms with Gasteiger partial charge in [0.25, 0.3) is 6.47 Å². The van der Waals surface area contributed by atoms with Gasteiger partial charge in [-0.05, 0) is 55.3 Å². The third-order valence-corrected chi connectivity index (χ3v) is 5.99. The molecule has 16 heavy (non-hydrogen) atoms. The predicted molar refractivity (Wildman–Crippen MR) is 56.4 cm³/mol. The van der Waals surface area contributed by atoms with Gasteiger partial charge in [-0.15, -0.1) is 0 Å². The molecule has 0 aromatic carbocycles. The van der Waals surface area contributed by atoms with Gasteiger partial charge < -0.3 is 9.84 Å². The van der Waals surface area contributed by atoms with Gasteiger partial charge in [0.15, 0.2) is 0 Å². The van der Waals surface area contributed by atoms with E-state index >= 15 is 0 Å². The number of hydrogen-bond donors (Lipinski definition) is 1. The Labute approximate surface area is 95.2 Å². The summed E-state index contributed by atoms with van der Waals surface area (Å²) in [6.45, 7) is 0.525. The van der Waals surface area contributed by atoms with E-state index in [1.54, 1.807) is 0 Å². The van der Waals surface area contributed by atoms with Crippen molar-refractivity contribution in [3.05, 3.63) is 0 Å². The smallest absolute Gasteiger partial charge is 0.293 e. The van der Waals surface area contributed by atoms with Crippen LogP contribution in [-0.4, -0.2) is 23.8 Å². The molecule has 8 unspecified atom stereocenters. The molecule has 4 fully saturated rings. The van der Waals surface area contributed by atoms with Crippen molar-refractivity contribution in [3.63, 3.8) is 0 Å². The van der Waals surface area contributed by atoms with E-state index in [2.05, 4.69) is 0 Å². The van der Waals surface area contributed by atoms with Crippen molar-refractivity contribution in [2.75, 3.05) is 0 Å². The van der Waals surface area contributed by atoms with Crippen LogP contribution in [0.3, 0.4) is 0 Å². The van der Waals surface area contributed by atoms with Gasteiger partial charge in [-0.2, -0.15) is 0 Å². The van der Waals surface area contributed by atoms with E-state index in [0.29, 0.717) is 18.3 Å². The lowest BCUT2D eigenvalue weighted by Crippen LogP contribution is -2.45. The van der Waals surface area contributed by atoms with Crippen LogP contribution in [0, 0.1) is 35.5 Å². The van der Waals surface area contributed by atoms with Crippen molar-refractivity contribution in [2.24, 2.45) is 35.5 Å².